The van der Waals surface area contributed by atoms with Crippen molar-refractivity contribution < 1.29 is 4.79 Å². The van der Waals surface area contributed by atoms with Crippen LogP contribution >= 0.6 is 0 Å². The van der Waals surface area contributed by atoms with E-state index in [4.69, 9.17) is 0 Å². The Bertz CT molecular complexity index is 349. The summed E-state index contributed by atoms with van der Waals surface area (Å²) in [5.74, 6) is 2.05. The second-order valence-electron chi connectivity index (χ2n) is 5.97. The second-order valence-corrected chi connectivity index (χ2v) is 5.97. The van der Waals surface area contributed by atoms with Crippen LogP contribution in [0.25, 0.3) is 0 Å². The predicted molar refractivity (Wildman–Crippen MR) is 77.0 cm³/mol. The highest BCUT2D eigenvalue weighted by atomic mass is 16.2. The van der Waals surface area contributed by atoms with Gasteiger partial charge in [-0.2, -0.15) is 0 Å². The van der Waals surface area contributed by atoms with Crippen molar-refractivity contribution in [1.29, 1.82) is 0 Å². The summed E-state index contributed by atoms with van der Waals surface area (Å²) in [7, 11) is 1.80. The smallest absolute Gasteiger partial charge is 0.225 e. The highest BCUT2D eigenvalue weighted by molar-refractivity contribution is 5.81. The standard InChI is InChI=1S/C14H26N4O/c1-10(2)13(19)18-7-6-12(9-18)17-14(15-3)16-8-11-4-5-11/h10-12H,4-9H2,1-3H3,(H2,15,16,17). The number of guanidine groups is 1. The number of amides is 1. The monoisotopic (exact) mass is 266 g/mol. The molecule has 0 radical (unpaired) electrons. The summed E-state index contributed by atoms with van der Waals surface area (Å²) < 4.78 is 0. The zero-order valence-corrected chi connectivity index (χ0v) is 12.3. The second kappa shape index (κ2) is 6.26. The Morgan fingerprint density at radius 3 is 2.68 bits per heavy atom. The SMILES string of the molecule is CN=C(NCC1CC1)NC1CCN(C(=O)C(C)C)C1. The minimum Gasteiger partial charge on any atom is -0.356 e. The summed E-state index contributed by atoms with van der Waals surface area (Å²) in [6, 6.07) is 0.327. The van der Waals surface area contributed by atoms with Gasteiger partial charge in [0.05, 0.1) is 0 Å². The van der Waals surface area contributed by atoms with Gasteiger partial charge in [0, 0.05) is 38.6 Å². The first kappa shape index (κ1) is 14.2. The number of hydrogen-bond acceptors (Lipinski definition) is 2. The minimum absolute atomic E-state index is 0.0889. The van der Waals surface area contributed by atoms with E-state index in [1.165, 1.54) is 12.8 Å². The molecule has 108 valence electrons. The van der Waals surface area contributed by atoms with Crippen molar-refractivity contribution in [3.63, 3.8) is 0 Å². The lowest BCUT2D eigenvalue weighted by atomic mass is 10.2. The van der Waals surface area contributed by atoms with Gasteiger partial charge in [-0.25, -0.2) is 0 Å². The summed E-state index contributed by atoms with van der Waals surface area (Å²) in [5, 5.41) is 6.78. The third-order valence-corrected chi connectivity index (χ3v) is 3.81. The van der Waals surface area contributed by atoms with E-state index < -0.39 is 0 Å². The van der Waals surface area contributed by atoms with Crippen molar-refractivity contribution in [2.75, 3.05) is 26.7 Å². The quantitative estimate of drug-likeness (QED) is 0.585. The van der Waals surface area contributed by atoms with Crippen molar-refractivity contribution in [2.24, 2.45) is 16.8 Å². The maximum absolute atomic E-state index is 11.9. The number of aliphatic imine (C=N–C) groups is 1. The molecule has 2 fully saturated rings. The number of nitrogens with zero attached hydrogens (tertiary/aromatic N) is 2. The van der Waals surface area contributed by atoms with Crippen LogP contribution in [0.1, 0.15) is 33.1 Å². The van der Waals surface area contributed by atoms with Gasteiger partial charge in [-0.05, 0) is 25.2 Å². The van der Waals surface area contributed by atoms with E-state index in [2.05, 4.69) is 15.6 Å². The fourth-order valence-electron chi connectivity index (χ4n) is 2.39. The van der Waals surface area contributed by atoms with Gasteiger partial charge in [-0.3, -0.25) is 9.79 Å². The molecule has 0 spiro atoms. The maximum Gasteiger partial charge on any atom is 0.225 e. The number of hydrogen-bond donors (Lipinski definition) is 2. The van der Waals surface area contributed by atoms with Crippen LogP contribution in [0.15, 0.2) is 4.99 Å². The molecule has 1 amide bonds. The Kier molecular flexibility index (Phi) is 4.66. The van der Waals surface area contributed by atoms with Gasteiger partial charge in [-0.1, -0.05) is 13.8 Å². The largest absolute Gasteiger partial charge is 0.356 e. The molecule has 1 saturated heterocycles. The average molecular weight is 266 g/mol. The van der Waals surface area contributed by atoms with E-state index in [0.29, 0.717) is 6.04 Å². The van der Waals surface area contributed by atoms with Crippen LogP contribution in [-0.4, -0.2) is 49.5 Å². The number of likely N-dealkylation sites (tertiary alicyclic amines) is 1. The first-order valence-corrected chi connectivity index (χ1v) is 7.36. The molecule has 1 heterocycles. The number of nitrogens with one attached hydrogen (secondary N) is 2. The third kappa shape index (κ3) is 4.11. The summed E-state index contributed by atoms with van der Waals surface area (Å²) in [4.78, 5) is 18.1. The summed E-state index contributed by atoms with van der Waals surface area (Å²) in [5.41, 5.74) is 0. The van der Waals surface area contributed by atoms with Crippen molar-refractivity contribution in [1.82, 2.24) is 15.5 Å². The van der Waals surface area contributed by atoms with E-state index >= 15 is 0 Å². The van der Waals surface area contributed by atoms with E-state index in [9.17, 15) is 4.79 Å². The summed E-state index contributed by atoms with van der Waals surface area (Å²) in [6.07, 6.45) is 3.68. The lowest BCUT2D eigenvalue weighted by Crippen LogP contribution is -2.45. The Balaban J connectivity index is 1.74. The predicted octanol–water partition coefficient (Wildman–Crippen LogP) is 0.818. The fraction of sp³-hybridized carbons (Fsp3) is 0.857. The normalized spacial score (nSPS) is 23.9. The molecular formula is C14H26N4O. The molecule has 0 aromatic carbocycles. The average Bonchev–Trinajstić information content (AvgIpc) is 3.11. The van der Waals surface area contributed by atoms with Gasteiger partial charge < -0.3 is 15.5 Å². The van der Waals surface area contributed by atoms with Crippen molar-refractivity contribution in [3.8, 4) is 0 Å². The molecule has 2 aliphatic rings. The van der Waals surface area contributed by atoms with Crippen LogP contribution in [0.5, 0.6) is 0 Å². The van der Waals surface area contributed by atoms with E-state index in [-0.39, 0.29) is 11.8 Å². The molecule has 5 heteroatoms. The number of carbonyl (C=O) groups excluding carboxylic acids is 1. The molecule has 1 aliphatic carbocycles. The van der Waals surface area contributed by atoms with Gasteiger partial charge >= 0.3 is 0 Å². The van der Waals surface area contributed by atoms with Gasteiger partial charge in [0.25, 0.3) is 0 Å². The van der Waals surface area contributed by atoms with Crippen LogP contribution in [0.4, 0.5) is 0 Å². The zero-order valence-electron chi connectivity index (χ0n) is 12.3. The molecule has 1 unspecified atom stereocenters. The Morgan fingerprint density at radius 1 is 1.37 bits per heavy atom. The maximum atomic E-state index is 11.9. The molecule has 5 nitrogen and oxygen atoms in total. The van der Waals surface area contributed by atoms with E-state index in [1.807, 2.05) is 18.7 Å². The molecule has 2 rings (SSSR count). The van der Waals surface area contributed by atoms with Crippen LogP contribution in [0.2, 0.25) is 0 Å². The van der Waals surface area contributed by atoms with Gasteiger partial charge in [-0.15, -0.1) is 0 Å². The molecule has 19 heavy (non-hydrogen) atoms. The zero-order chi connectivity index (χ0) is 13.8. The molecule has 1 aliphatic heterocycles. The first-order valence-electron chi connectivity index (χ1n) is 7.36. The van der Waals surface area contributed by atoms with Gasteiger partial charge in [0.1, 0.15) is 0 Å². The van der Waals surface area contributed by atoms with Crippen LogP contribution < -0.4 is 10.6 Å². The number of rotatable bonds is 4. The Labute approximate surface area is 115 Å². The summed E-state index contributed by atoms with van der Waals surface area (Å²) >= 11 is 0. The van der Waals surface area contributed by atoms with Gasteiger partial charge in [0.15, 0.2) is 5.96 Å². The Morgan fingerprint density at radius 2 is 2.11 bits per heavy atom. The Hall–Kier alpha value is -1.26. The van der Waals surface area contributed by atoms with Crippen molar-refractivity contribution in [3.05, 3.63) is 0 Å². The van der Waals surface area contributed by atoms with Crippen molar-refractivity contribution in [2.45, 2.75) is 39.2 Å². The first-order chi connectivity index (χ1) is 9.10. The minimum atomic E-state index is 0.0889. The molecule has 0 bridgehead atoms. The molecule has 1 saturated carbocycles. The molecule has 0 aromatic heterocycles. The van der Waals surface area contributed by atoms with E-state index in [1.54, 1.807) is 7.05 Å². The molecule has 0 aromatic rings. The third-order valence-electron chi connectivity index (χ3n) is 3.81. The van der Waals surface area contributed by atoms with Gasteiger partial charge in [0.2, 0.25) is 5.91 Å². The summed E-state index contributed by atoms with van der Waals surface area (Å²) in [6.45, 7) is 6.58. The molecular weight excluding hydrogens is 240 g/mol. The van der Waals surface area contributed by atoms with Crippen molar-refractivity contribution >= 4 is 11.9 Å². The van der Waals surface area contributed by atoms with E-state index in [0.717, 1.165) is 37.9 Å². The lowest BCUT2D eigenvalue weighted by Gasteiger charge is -2.20. The number of carbonyl (C=O) groups is 1. The topological polar surface area (TPSA) is 56.7 Å². The lowest BCUT2D eigenvalue weighted by molar-refractivity contribution is -0.133. The molecule has 2 N–H and O–H groups in total. The fourth-order valence-corrected chi connectivity index (χ4v) is 2.39. The molecule has 1 atom stereocenters. The highest BCUT2D eigenvalue weighted by Gasteiger charge is 2.28. The van der Waals surface area contributed by atoms with Crippen LogP contribution in [-0.2, 0) is 4.79 Å². The van der Waals surface area contributed by atoms with Crippen LogP contribution in [0.3, 0.4) is 0 Å². The van der Waals surface area contributed by atoms with Crippen LogP contribution in [0, 0.1) is 11.8 Å². The highest BCUT2D eigenvalue weighted by Crippen LogP contribution is 2.27.